The normalized spacial score (nSPS) is 24.1. The highest BCUT2D eigenvalue weighted by Gasteiger charge is 2.28. The van der Waals surface area contributed by atoms with Gasteiger partial charge in [0.25, 0.3) is 5.91 Å². The van der Waals surface area contributed by atoms with Crippen LogP contribution in [0.15, 0.2) is 12.3 Å². The SMILES string of the molecule is C[C@@H]1CN(C(=O)c2ccnc(C3CC3)n2)CCN1. The van der Waals surface area contributed by atoms with Crippen LogP contribution in [0.25, 0.3) is 0 Å². The predicted octanol–water partition coefficient (Wildman–Crippen LogP) is 0.788. The zero-order valence-corrected chi connectivity index (χ0v) is 10.6. The van der Waals surface area contributed by atoms with Gasteiger partial charge in [0.05, 0.1) is 0 Å². The van der Waals surface area contributed by atoms with Gasteiger partial charge in [0.2, 0.25) is 0 Å². The highest BCUT2D eigenvalue weighted by molar-refractivity contribution is 5.92. The van der Waals surface area contributed by atoms with Crippen molar-refractivity contribution in [3.05, 3.63) is 23.8 Å². The van der Waals surface area contributed by atoms with Crippen LogP contribution in [0.2, 0.25) is 0 Å². The van der Waals surface area contributed by atoms with Crippen LogP contribution in [-0.4, -0.2) is 46.5 Å². The van der Waals surface area contributed by atoms with Gasteiger partial charge in [0.1, 0.15) is 11.5 Å². The number of carbonyl (C=O) groups excluding carboxylic acids is 1. The Morgan fingerprint density at radius 3 is 3.06 bits per heavy atom. The summed E-state index contributed by atoms with van der Waals surface area (Å²) in [4.78, 5) is 22.9. The third-order valence-corrected chi connectivity index (χ3v) is 3.49. The quantitative estimate of drug-likeness (QED) is 0.838. The lowest BCUT2D eigenvalue weighted by Gasteiger charge is -2.31. The molecule has 1 saturated heterocycles. The molecule has 3 rings (SSSR count). The minimum absolute atomic E-state index is 0.0349. The Hall–Kier alpha value is -1.49. The maximum absolute atomic E-state index is 12.3. The molecule has 1 aliphatic carbocycles. The van der Waals surface area contributed by atoms with Crippen molar-refractivity contribution in [2.24, 2.45) is 0 Å². The number of hydrogen-bond acceptors (Lipinski definition) is 4. The molecular weight excluding hydrogens is 228 g/mol. The monoisotopic (exact) mass is 246 g/mol. The smallest absolute Gasteiger partial charge is 0.272 e. The number of amides is 1. The van der Waals surface area contributed by atoms with Crippen LogP contribution in [0.1, 0.15) is 42.0 Å². The Morgan fingerprint density at radius 1 is 1.50 bits per heavy atom. The summed E-state index contributed by atoms with van der Waals surface area (Å²) in [6.45, 7) is 4.45. The molecule has 2 fully saturated rings. The second kappa shape index (κ2) is 4.65. The van der Waals surface area contributed by atoms with Gasteiger partial charge in [-0.1, -0.05) is 0 Å². The zero-order chi connectivity index (χ0) is 12.5. The molecule has 1 saturated carbocycles. The minimum atomic E-state index is 0.0349. The molecule has 0 aromatic carbocycles. The number of carbonyl (C=O) groups is 1. The molecule has 0 radical (unpaired) electrons. The van der Waals surface area contributed by atoms with E-state index in [0.717, 1.165) is 38.3 Å². The second-order valence-electron chi connectivity index (χ2n) is 5.18. The topological polar surface area (TPSA) is 58.1 Å². The lowest BCUT2D eigenvalue weighted by Crippen LogP contribution is -2.51. The van der Waals surface area contributed by atoms with Gasteiger partial charge in [0, 0.05) is 37.8 Å². The van der Waals surface area contributed by atoms with Gasteiger partial charge in [-0.15, -0.1) is 0 Å². The van der Waals surface area contributed by atoms with Gasteiger partial charge in [-0.25, -0.2) is 9.97 Å². The van der Waals surface area contributed by atoms with Crippen molar-refractivity contribution in [1.82, 2.24) is 20.2 Å². The number of nitrogens with zero attached hydrogens (tertiary/aromatic N) is 3. The molecular formula is C13H18N4O. The average molecular weight is 246 g/mol. The van der Waals surface area contributed by atoms with Crippen LogP contribution in [0.3, 0.4) is 0 Å². The molecule has 2 heterocycles. The lowest BCUT2D eigenvalue weighted by molar-refractivity contribution is 0.0702. The third kappa shape index (κ3) is 2.36. The largest absolute Gasteiger partial charge is 0.334 e. The van der Waals surface area contributed by atoms with E-state index >= 15 is 0 Å². The number of hydrogen-bond donors (Lipinski definition) is 1. The zero-order valence-electron chi connectivity index (χ0n) is 10.6. The molecule has 1 N–H and O–H groups in total. The maximum atomic E-state index is 12.3. The first-order valence-corrected chi connectivity index (χ1v) is 6.59. The standard InChI is InChI=1S/C13H18N4O/c1-9-8-17(7-6-14-9)13(18)11-4-5-15-12(16-11)10-2-3-10/h4-5,9-10,14H,2-3,6-8H2,1H3/t9-/m1/s1. The molecule has 1 aromatic heterocycles. The fourth-order valence-electron chi connectivity index (χ4n) is 2.31. The van der Waals surface area contributed by atoms with Gasteiger partial charge in [-0.05, 0) is 25.8 Å². The van der Waals surface area contributed by atoms with E-state index in [0.29, 0.717) is 17.7 Å². The molecule has 1 amide bonds. The summed E-state index contributed by atoms with van der Waals surface area (Å²) in [6, 6.07) is 2.08. The van der Waals surface area contributed by atoms with Crippen LogP contribution in [0.4, 0.5) is 0 Å². The summed E-state index contributed by atoms with van der Waals surface area (Å²) in [5.74, 6) is 1.36. The van der Waals surface area contributed by atoms with Crippen molar-refractivity contribution in [1.29, 1.82) is 0 Å². The van der Waals surface area contributed by atoms with Gasteiger partial charge in [-0.2, -0.15) is 0 Å². The Labute approximate surface area is 107 Å². The highest BCUT2D eigenvalue weighted by atomic mass is 16.2. The van der Waals surface area contributed by atoms with Crippen molar-refractivity contribution < 1.29 is 4.79 Å². The first kappa shape index (κ1) is 11.6. The van der Waals surface area contributed by atoms with Crippen LogP contribution in [-0.2, 0) is 0 Å². The van der Waals surface area contributed by atoms with Crippen LogP contribution in [0, 0.1) is 0 Å². The Bertz CT molecular complexity index is 458. The summed E-state index contributed by atoms with van der Waals surface area (Å²) in [7, 11) is 0. The van der Waals surface area contributed by atoms with E-state index in [2.05, 4.69) is 22.2 Å². The molecule has 1 atom stereocenters. The molecule has 1 aliphatic heterocycles. The van der Waals surface area contributed by atoms with Crippen LogP contribution in [0.5, 0.6) is 0 Å². The van der Waals surface area contributed by atoms with Crippen molar-refractivity contribution in [2.45, 2.75) is 31.7 Å². The van der Waals surface area contributed by atoms with Crippen LogP contribution >= 0.6 is 0 Å². The average Bonchev–Trinajstić information content (AvgIpc) is 3.22. The van der Waals surface area contributed by atoms with E-state index in [-0.39, 0.29) is 5.91 Å². The second-order valence-corrected chi connectivity index (χ2v) is 5.18. The molecule has 96 valence electrons. The van der Waals surface area contributed by atoms with E-state index in [9.17, 15) is 4.79 Å². The maximum Gasteiger partial charge on any atom is 0.272 e. The Balaban J connectivity index is 1.76. The first-order chi connectivity index (χ1) is 8.74. The molecule has 0 unspecified atom stereocenters. The van der Waals surface area contributed by atoms with E-state index in [4.69, 9.17) is 0 Å². The summed E-state index contributed by atoms with van der Waals surface area (Å²) in [6.07, 6.45) is 4.02. The van der Waals surface area contributed by atoms with E-state index in [1.807, 2.05) is 4.90 Å². The molecule has 1 aromatic rings. The van der Waals surface area contributed by atoms with Gasteiger partial charge >= 0.3 is 0 Å². The minimum Gasteiger partial charge on any atom is -0.334 e. The van der Waals surface area contributed by atoms with Crippen LogP contribution < -0.4 is 5.32 Å². The number of piperazine rings is 1. The number of rotatable bonds is 2. The number of nitrogens with one attached hydrogen (secondary N) is 1. The van der Waals surface area contributed by atoms with Crippen molar-refractivity contribution >= 4 is 5.91 Å². The van der Waals surface area contributed by atoms with E-state index < -0.39 is 0 Å². The lowest BCUT2D eigenvalue weighted by atomic mass is 10.2. The van der Waals surface area contributed by atoms with E-state index in [1.165, 1.54) is 0 Å². The summed E-state index contributed by atoms with van der Waals surface area (Å²) in [5, 5.41) is 3.33. The molecule has 0 bridgehead atoms. The summed E-state index contributed by atoms with van der Waals surface area (Å²) in [5.41, 5.74) is 0.543. The third-order valence-electron chi connectivity index (χ3n) is 3.49. The summed E-state index contributed by atoms with van der Waals surface area (Å²) >= 11 is 0. The molecule has 18 heavy (non-hydrogen) atoms. The highest BCUT2D eigenvalue weighted by Crippen LogP contribution is 2.37. The predicted molar refractivity (Wildman–Crippen MR) is 67.4 cm³/mol. The summed E-state index contributed by atoms with van der Waals surface area (Å²) < 4.78 is 0. The first-order valence-electron chi connectivity index (χ1n) is 6.59. The van der Waals surface area contributed by atoms with Crippen molar-refractivity contribution in [2.75, 3.05) is 19.6 Å². The van der Waals surface area contributed by atoms with Crippen molar-refractivity contribution in [3.8, 4) is 0 Å². The molecule has 5 heteroatoms. The van der Waals surface area contributed by atoms with Gasteiger partial charge < -0.3 is 10.2 Å². The Kier molecular flexibility index (Phi) is 2.99. The fraction of sp³-hybridized carbons (Fsp3) is 0.615. The molecule has 2 aliphatic rings. The molecule has 0 spiro atoms. The van der Waals surface area contributed by atoms with E-state index in [1.54, 1.807) is 12.3 Å². The van der Waals surface area contributed by atoms with Gasteiger partial charge in [-0.3, -0.25) is 4.79 Å². The fourth-order valence-corrected chi connectivity index (χ4v) is 2.31. The molecule has 5 nitrogen and oxygen atoms in total. The van der Waals surface area contributed by atoms with Crippen molar-refractivity contribution in [3.63, 3.8) is 0 Å². The number of aromatic nitrogens is 2. The Morgan fingerprint density at radius 2 is 2.33 bits per heavy atom. The van der Waals surface area contributed by atoms with Gasteiger partial charge in [0.15, 0.2) is 0 Å².